The van der Waals surface area contributed by atoms with Gasteiger partial charge in [0, 0.05) is 44.3 Å². The summed E-state index contributed by atoms with van der Waals surface area (Å²) in [5.74, 6) is 0.445. The third kappa shape index (κ3) is 3.44. The Balaban J connectivity index is 1.39. The van der Waals surface area contributed by atoms with Gasteiger partial charge >= 0.3 is 0 Å². The lowest BCUT2D eigenvalue weighted by atomic mass is 10.0. The molecular formula is C21H25N5O2. The Hall–Kier alpha value is -2.96. The summed E-state index contributed by atoms with van der Waals surface area (Å²) < 4.78 is 0. The van der Waals surface area contributed by atoms with E-state index < -0.39 is 5.41 Å². The minimum absolute atomic E-state index is 0.0533. The van der Waals surface area contributed by atoms with Crippen LogP contribution in [0.2, 0.25) is 0 Å². The summed E-state index contributed by atoms with van der Waals surface area (Å²) in [7, 11) is 0. The van der Waals surface area contributed by atoms with Crippen molar-refractivity contribution in [2.45, 2.75) is 26.7 Å². The minimum atomic E-state index is -0.899. The molecule has 1 saturated heterocycles. The molecule has 4 rings (SSSR count). The monoisotopic (exact) mass is 379 g/mol. The van der Waals surface area contributed by atoms with Gasteiger partial charge in [-0.1, -0.05) is 6.07 Å². The van der Waals surface area contributed by atoms with Gasteiger partial charge in [-0.15, -0.1) is 0 Å². The molecule has 0 atom stereocenters. The lowest BCUT2D eigenvalue weighted by Crippen LogP contribution is -2.53. The summed E-state index contributed by atoms with van der Waals surface area (Å²) >= 11 is 0. The van der Waals surface area contributed by atoms with E-state index >= 15 is 0 Å². The molecule has 2 fully saturated rings. The van der Waals surface area contributed by atoms with Crippen LogP contribution in [0.25, 0.3) is 0 Å². The highest BCUT2D eigenvalue weighted by Gasteiger charge is 2.58. The molecule has 1 aromatic carbocycles. The van der Waals surface area contributed by atoms with Gasteiger partial charge in [0.15, 0.2) is 0 Å². The first-order chi connectivity index (χ1) is 13.5. The first-order valence-corrected chi connectivity index (χ1v) is 9.70. The van der Waals surface area contributed by atoms with Crippen LogP contribution in [0.4, 0.5) is 11.6 Å². The van der Waals surface area contributed by atoms with Crippen LogP contribution in [0.1, 0.15) is 24.0 Å². The zero-order chi connectivity index (χ0) is 19.7. The smallest absolute Gasteiger partial charge is 0.240 e. The fourth-order valence-corrected chi connectivity index (χ4v) is 3.60. The first-order valence-electron chi connectivity index (χ1n) is 9.70. The Morgan fingerprint density at radius 1 is 1.00 bits per heavy atom. The van der Waals surface area contributed by atoms with E-state index in [1.54, 1.807) is 18.5 Å². The molecule has 1 aliphatic carbocycles. The van der Waals surface area contributed by atoms with Crippen molar-refractivity contribution in [1.29, 1.82) is 0 Å². The lowest BCUT2D eigenvalue weighted by Gasteiger charge is -2.36. The predicted octanol–water partition coefficient (Wildman–Crippen LogP) is 2.16. The lowest BCUT2D eigenvalue weighted by molar-refractivity contribution is -0.142. The number of anilines is 2. The second kappa shape index (κ2) is 7.22. The van der Waals surface area contributed by atoms with Crippen LogP contribution in [0.15, 0.2) is 36.7 Å². The number of piperazine rings is 1. The minimum Gasteiger partial charge on any atom is -0.338 e. The molecule has 0 bridgehead atoms. The van der Waals surface area contributed by atoms with E-state index in [0.717, 1.165) is 11.3 Å². The molecule has 1 N–H and O–H groups in total. The number of amides is 2. The van der Waals surface area contributed by atoms with Crippen LogP contribution in [-0.2, 0) is 9.59 Å². The number of aryl methyl sites for hydroxylation is 2. The van der Waals surface area contributed by atoms with E-state index in [9.17, 15) is 9.59 Å². The van der Waals surface area contributed by atoms with Crippen LogP contribution >= 0.6 is 0 Å². The Morgan fingerprint density at radius 2 is 1.68 bits per heavy atom. The third-order valence-electron chi connectivity index (χ3n) is 5.76. The summed E-state index contributed by atoms with van der Waals surface area (Å²) in [5, 5.41) is 2.95. The molecule has 1 aromatic heterocycles. The SMILES string of the molecule is Cc1ccc(NC(=O)C2(C(=O)N3CCN(c4ncccn4)CC3)CC2)cc1C. The number of carbonyl (C=O) groups excluding carboxylic acids is 2. The van der Waals surface area contributed by atoms with Crippen molar-refractivity contribution in [2.75, 3.05) is 36.4 Å². The number of hydrogen-bond acceptors (Lipinski definition) is 5. The van der Waals surface area contributed by atoms with Gasteiger partial charge in [-0.25, -0.2) is 9.97 Å². The van der Waals surface area contributed by atoms with E-state index in [1.807, 2.05) is 36.9 Å². The molecule has 0 unspecified atom stereocenters. The molecule has 2 amide bonds. The van der Waals surface area contributed by atoms with E-state index in [2.05, 4.69) is 20.2 Å². The molecule has 28 heavy (non-hydrogen) atoms. The number of aromatic nitrogens is 2. The van der Waals surface area contributed by atoms with Gasteiger partial charge in [0.2, 0.25) is 17.8 Å². The van der Waals surface area contributed by atoms with Crippen molar-refractivity contribution >= 4 is 23.5 Å². The maximum atomic E-state index is 13.1. The van der Waals surface area contributed by atoms with Gasteiger partial charge in [0.1, 0.15) is 5.41 Å². The van der Waals surface area contributed by atoms with Crippen molar-refractivity contribution in [3.8, 4) is 0 Å². The third-order valence-corrected chi connectivity index (χ3v) is 5.76. The van der Waals surface area contributed by atoms with Gasteiger partial charge in [0.05, 0.1) is 0 Å². The van der Waals surface area contributed by atoms with E-state index in [1.165, 1.54) is 5.56 Å². The molecule has 2 aliphatic rings. The zero-order valence-electron chi connectivity index (χ0n) is 16.3. The van der Waals surface area contributed by atoms with Crippen LogP contribution in [0, 0.1) is 19.3 Å². The predicted molar refractivity (Wildman–Crippen MR) is 107 cm³/mol. The number of hydrogen-bond donors (Lipinski definition) is 1. The van der Waals surface area contributed by atoms with Crippen LogP contribution in [0.5, 0.6) is 0 Å². The molecule has 7 nitrogen and oxygen atoms in total. The van der Waals surface area contributed by atoms with Crippen molar-refractivity contribution in [1.82, 2.24) is 14.9 Å². The number of benzene rings is 1. The average molecular weight is 379 g/mol. The van der Waals surface area contributed by atoms with Crippen molar-refractivity contribution in [2.24, 2.45) is 5.41 Å². The van der Waals surface area contributed by atoms with Crippen molar-refractivity contribution < 1.29 is 9.59 Å². The summed E-state index contributed by atoms with van der Waals surface area (Å²) in [6, 6.07) is 7.61. The summed E-state index contributed by atoms with van der Waals surface area (Å²) in [6.07, 6.45) is 4.67. The Kier molecular flexibility index (Phi) is 4.75. The number of rotatable bonds is 4. The van der Waals surface area contributed by atoms with Gasteiger partial charge in [-0.05, 0) is 56.0 Å². The highest BCUT2D eigenvalue weighted by molar-refractivity contribution is 6.13. The summed E-state index contributed by atoms with van der Waals surface area (Å²) in [5.41, 5.74) is 2.14. The van der Waals surface area contributed by atoms with Crippen LogP contribution < -0.4 is 10.2 Å². The molecule has 0 spiro atoms. The van der Waals surface area contributed by atoms with Crippen LogP contribution in [0.3, 0.4) is 0 Å². The summed E-state index contributed by atoms with van der Waals surface area (Å²) in [4.78, 5) is 38.4. The molecule has 7 heteroatoms. The summed E-state index contributed by atoms with van der Waals surface area (Å²) in [6.45, 7) is 6.55. The van der Waals surface area contributed by atoms with Gasteiger partial charge in [-0.3, -0.25) is 9.59 Å². The fourth-order valence-electron chi connectivity index (χ4n) is 3.60. The highest BCUT2D eigenvalue weighted by Crippen LogP contribution is 2.48. The van der Waals surface area contributed by atoms with Gasteiger partial charge in [0.25, 0.3) is 0 Å². The fraction of sp³-hybridized carbons (Fsp3) is 0.429. The molecule has 2 heterocycles. The van der Waals surface area contributed by atoms with E-state index in [4.69, 9.17) is 0 Å². The maximum Gasteiger partial charge on any atom is 0.240 e. The number of carbonyl (C=O) groups is 2. The topological polar surface area (TPSA) is 78.4 Å². The molecular weight excluding hydrogens is 354 g/mol. The quantitative estimate of drug-likeness (QED) is 0.824. The Bertz CT molecular complexity index is 887. The Morgan fingerprint density at radius 3 is 2.29 bits per heavy atom. The van der Waals surface area contributed by atoms with Gasteiger partial charge < -0.3 is 15.1 Å². The molecule has 0 radical (unpaired) electrons. The highest BCUT2D eigenvalue weighted by atomic mass is 16.2. The molecule has 146 valence electrons. The van der Waals surface area contributed by atoms with E-state index in [-0.39, 0.29) is 11.8 Å². The van der Waals surface area contributed by atoms with Crippen molar-refractivity contribution in [3.63, 3.8) is 0 Å². The largest absolute Gasteiger partial charge is 0.338 e. The second-order valence-corrected chi connectivity index (χ2v) is 7.66. The second-order valence-electron chi connectivity index (χ2n) is 7.66. The molecule has 1 saturated carbocycles. The van der Waals surface area contributed by atoms with Gasteiger partial charge in [-0.2, -0.15) is 0 Å². The number of nitrogens with zero attached hydrogens (tertiary/aromatic N) is 4. The Labute approximate surface area is 164 Å². The molecule has 1 aliphatic heterocycles. The van der Waals surface area contributed by atoms with E-state index in [0.29, 0.717) is 45.0 Å². The molecule has 2 aromatic rings. The van der Waals surface area contributed by atoms with Crippen LogP contribution in [-0.4, -0.2) is 52.9 Å². The number of nitrogens with one attached hydrogen (secondary N) is 1. The maximum absolute atomic E-state index is 13.1. The van der Waals surface area contributed by atoms with Crippen molar-refractivity contribution in [3.05, 3.63) is 47.8 Å². The first kappa shape index (κ1) is 18.4. The normalized spacial score (nSPS) is 17.9. The zero-order valence-corrected chi connectivity index (χ0v) is 16.3. The average Bonchev–Trinajstić information content (AvgIpc) is 3.53. The standard InChI is InChI=1S/C21H25N5O2/c1-15-4-5-17(14-16(15)2)24-18(27)21(6-7-21)19(28)25-10-12-26(13-11-25)20-22-8-3-9-23-20/h3-5,8-9,14H,6-7,10-13H2,1-2H3,(H,24,27).